The minimum Gasteiger partial charge on any atom is -0.465 e. The number of carbonyl (C=O) groups excluding carboxylic acids is 2. The molecule has 0 aromatic heterocycles. The van der Waals surface area contributed by atoms with Gasteiger partial charge in [-0.2, -0.15) is 0 Å². The van der Waals surface area contributed by atoms with Crippen LogP contribution in [-0.2, 0) is 11.3 Å². The van der Waals surface area contributed by atoms with Crippen molar-refractivity contribution < 1.29 is 19.5 Å². The Labute approximate surface area is 218 Å². The van der Waals surface area contributed by atoms with E-state index in [1.807, 2.05) is 57.2 Å². The molecule has 0 aliphatic carbocycles. The third-order valence-corrected chi connectivity index (χ3v) is 7.22. The lowest BCUT2D eigenvalue weighted by molar-refractivity contribution is -0.132. The molecule has 0 spiro atoms. The van der Waals surface area contributed by atoms with Gasteiger partial charge in [0.05, 0.1) is 5.88 Å². The number of rotatable bonds is 9. The highest BCUT2D eigenvalue weighted by molar-refractivity contribution is 6.21. The van der Waals surface area contributed by atoms with Gasteiger partial charge in [0.15, 0.2) is 0 Å². The predicted octanol–water partition coefficient (Wildman–Crippen LogP) is 5.30. The van der Waals surface area contributed by atoms with Crippen molar-refractivity contribution in [2.75, 3.05) is 19.5 Å². The fraction of sp³-hybridized carbons (Fsp3) is 0.464. The summed E-state index contributed by atoms with van der Waals surface area (Å²) in [7, 11) is 1.73. The Hall–Kier alpha value is -3.06. The predicted molar refractivity (Wildman–Crippen MR) is 141 cm³/mol. The molecule has 1 saturated heterocycles. The molecule has 1 N–H and O–H groups in total. The zero-order valence-corrected chi connectivity index (χ0v) is 22.2. The summed E-state index contributed by atoms with van der Waals surface area (Å²) in [6.07, 6.45) is -0.0204. The molecule has 3 amide bonds. The summed E-state index contributed by atoms with van der Waals surface area (Å²) in [4.78, 5) is 44.0. The van der Waals surface area contributed by atoms with Gasteiger partial charge in [-0.1, -0.05) is 69.3 Å². The van der Waals surface area contributed by atoms with Crippen LogP contribution in [0.1, 0.15) is 56.0 Å². The van der Waals surface area contributed by atoms with Crippen molar-refractivity contribution in [2.45, 2.75) is 58.3 Å². The number of hydrogen-bond acceptors (Lipinski definition) is 3. The molecule has 36 heavy (non-hydrogen) atoms. The minimum absolute atomic E-state index is 0.0337. The summed E-state index contributed by atoms with van der Waals surface area (Å²) in [5.74, 6) is -0.445. The van der Waals surface area contributed by atoms with Gasteiger partial charge < -0.3 is 19.8 Å². The first-order valence-corrected chi connectivity index (χ1v) is 12.8. The normalized spacial score (nSPS) is 20.0. The standard InChI is InChI=1S/C28H36ClN3O4/c1-27(2,3)24-30(4)25(34)28(20-29,32(24)23(33)22-15-9-6-10-16-22)17-11-12-18-31(26(35)36)19-21-13-7-5-8-14-21/h5-10,13-16,24H,11-12,17-20H2,1-4H3,(H,35,36). The summed E-state index contributed by atoms with van der Waals surface area (Å²) < 4.78 is 0. The largest absolute Gasteiger partial charge is 0.465 e. The van der Waals surface area contributed by atoms with E-state index in [0.29, 0.717) is 37.9 Å². The Morgan fingerprint density at radius 3 is 2.14 bits per heavy atom. The first-order valence-electron chi connectivity index (χ1n) is 12.3. The summed E-state index contributed by atoms with van der Waals surface area (Å²) >= 11 is 6.52. The maximum absolute atomic E-state index is 13.8. The van der Waals surface area contributed by atoms with Crippen molar-refractivity contribution in [2.24, 2.45) is 5.41 Å². The average Bonchev–Trinajstić information content (AvgIpc) is 3.08. The van der Waals surface area contributed by atoms with Crippen molar-refractivity contribution in [1.82, 2.24) is 14.7 Å². The molecule has 0 bridgehead atoms. The summed E-state index contributed by atoms with van der Waals surface area (Å²) in [5, 5.41) is 9.68. The van der Waals surface area contributed by atoms with Gasteiger partial charge in [0.25, 0.3) is 11.8 Å². The maximum atomic E-state index is 13.8. The van der Waals surface area contributed by atoms with Crippen molar-refractivity contribution in [3.8, 4) is 0 Å². The van der Waals surface area contributed by atoms with Crippen LogP contribution in [0.5, 0.6) is 0 Å². The van der Waals surface area contributed by atoms with E-state index >= 15 is 0 Å². The van der Waals surface area contributed by atoms with Crippen LogP contribution in [0, 0.1) is 5.41 Å². The SMILES string of the molecule is CN1C(=O)C(CCl)(CCCCN(Cc2ccccc2)C(=O)O)N(C(=O)c2ccccc2)C1C(C)(C)C. The second-order valence-electron chi connectivity index (χ2n) is 10.5. The van der Waals surface area contributed by atoms with Gasteiger partial charge >= 0.3 is 6.09 Å². The molecule has 194 valence electrons. The number of carboxylic acid groups (broad SMARTS) is 1. The second kappa shape index (κ2) is 11.3. The Bertz CT molecular complexity index is 1060. The number of alkyl halides is 1. The number of carbonyl (C=O) groups is 3. The third kappa shape index (κ3) is 5.67. The smallest absolute Gasteiger partial charge is 0.407 e. The van der Waals surface area contributed by atoms with Crippen LogP contribution in [0.15, 0.2) is 60.7 Å². The molecular weight excluding hydrogens is 478 g/mol. The van der Waals surface area contributed by atoms with Gasteiger partial charge in [0, 0.05) is 31.1 Å². The average molecular weight is 514 g/mol. The number of likely N-dealkylation sites (N-methyl/N-ethyl adjacent to an activating group) is 1. The highest BCUT2D eigenvalue weighted by Crippen LogP contribution is 2.43. The first-order chi connectivity index (χ1) is 17.0. The summed E-state index contributed by atoms with van der Waals surface area (Å²) in [6.45, 7) is 6.63. The molecule has 3 rings (SSSR count). The lowest BCUT2D eigenvalue weighted by atomic mass is 9.87. The van der Waals surface area contributed by atoms with E-state index in [9.17, 15) is 19.5 Å². The van der Waals surface area contributed by atoms with Gasteiger partial charge in [-0.3, -0.25) is 9.59 Å². The van der Waals surface area contributed by atoms with Crippen LogP contribution in [0.3, 0.4) is 0 Å². The van der Waals surface area contributed by atoms with Crippen LogP contribution in [0.4, 0.5) is 4.79 Å². The Morgan fingerprint density at radius 1 is 1.03 bits per heavy atom. The Morgan fingerprint density at radius 2 is 1.61 bits per heavy atom. The van der Waals surface area contributed by atoms with E-state index in [1.165, 1.54) is 4.90 Å². The van der Waals surface area contributed by atoms with Crippen molar-refractivity contribution >= 4 is 29.5 Å². The number of benzene rings is 2. The molecule has 2 aromatic rings. The fourth-order valence-corrected chi connectivity index (χ4v) is 5.50. The third-order valence-electron chi connectivity index (χ3n) is 6.78. The van der Waals surface area contributed by atoms with Crippen LogP contribution < -0.4 is 0 Å². The van der Waals surface area contributed by atoms with E-state index in [2.05, 4.69) is 0 Å². The number of nitrogens with zero attached hydrogens (tertiary/aromatic N) is 3. The monoisotopic (exact) mass is 513 g/mol. The van der Waals surface area contributed by atoms with Crippen LogP contribution >= 0.6 is 11.6 Å². The van der Waals surface area contributed by atoms with E-state index in [-0.39, 0.29) is 17.7 Å². The zero-order valence-electron chi connectivity index (χ0n) is 21.5. The second-order valence-corrected chi connectivity index (χ2v) is 10.8. The molecular formula is C28H36ClN3O4. The van der Waals surface area contributed by atoms with Crippen LogP contribution in [0.2, 0.25) is 0 Å². The zero-order chi connectivity index (χ0) is 26.5. The van der Waals surface area contributed by atoms with E-state index in [0.717, 1.165) is 5.56 Å². The Balaban J connectivity index is 1.81. The molecule has 2 unspecified atom stereocenters. The lowest BCUT2D eigenvalue weighted by Gasteiger charge is -2.42. The summed E-state index contributed by atoms with van der Waals surface area (Å²) in [6, 6.07) is 18.4. The van der Waals surface area contributed by atoms with Gasteiger partial charge in [-0.05, 0) is 37.0 Å². The first kappa shape index (κ1) is 27.5. The molecule has 1 heterocycles. The maximum Gasteiger partial charge on any atom is 0.407 e. The molecule has 0 radical (unpaired) electrons. The summed E-state index contributed by atoms with van der Waals surface area (Å²) in [5.41, 5.74) is -0.186. The molecule has 1 fully saturated rings. The molecule has 7 nitrogen and oxygen atoms in total. The van der Waals surface area contributed by atoms with Crippen LogP contribution in [0.25, 0.3) is 0 Å². The van der Waals surface area contributed by atoms with E-state index in [1.54, 1.807) is 41.1 Å². The molecule has 0 saturated carbocycles. The van der Waals surface area contributed by atoms with E-state index < -0.39 is 23.2 Å². The number of hydrogen-bond donors (Lipinski definition) is 1. The fourth-order valence-electron chi connectivity index (χ4n) is 5.13. The molecule has 1 aliphatic heterocycles. The van der Waals surface area contributed by atoms with Gasteiger partial charge in [-0.25, -0.2) is 4.79 Å². The Kier molecular flexibility index (Phi) is 8.67. The topological polar surface area (TPSA) is 81.2 Å². The number of unbranched alkanes of at least 4 members (excludes halogenated alkanes) is 1. The molecule has 2 aromatic carbocycles. The quantitative estimate of drug-likeness (QED) is 0.364. The van der Waals surface area contributed by atoms with Gasteiger partial charge in [0.2, 0.25) is 0 Å². The van der Waals surface area contributed by atoms with Crippen molar-refractivity contribution in [3.63, 3.8) is 0 Å². The lowest BCUT2D eigenvalue weighted by Crippen LogP contribution is -2.57. The molecule has 1 aliphatic rings. The highest BCUT2D eigenvalue weighted by atomic mass is 35.5. The van der Waals surface area contributed by atoms with Gasteiger partial charge in [0.1, 0.15) is 11.7 Å². The minimum atomic E-state index is -1.20. The highest BCUT2D eigenvalue weighted by Gasteiger charge is 2.60. The van der Waals surface area contributed by atoms with Gasteiger partial charge in [-0.15, -0.1) is 11.6 Å². The van der Waals surface area contributed by atoms with E-state index in [4.69, 9.17) is 11.6 Å². The molecule has 2 atom stereocenters. The van der Waals surface area contributed by atoms with Crippen molar-refractivity contribution in [1.29, 1.82) is 0 Å². The number of halogens is 1. The van der Waals surface area contributed by atoms with Crippen LogP contribution in [-0.4, -0.2) is 68.9 Å². The number of amides is 3. The molecule has 8 heteroatoms. The van der Waals surface area contributed by atoms with Crippen molar-refractivity contribution in [3.05, 3.63) is 71.8 Å².